The van der Waals surface area contributed by atoms with Crippen molar-refractivity contribution in [2.24, 2.45) is 0 Å². The normalized spacial score (nSPS) is 16.8. The third-order valence-electron chi connectivity index (χ3n) is 3.88. The van der Waals surface area contributed by atoms with Crippen LogP contribution < -0.4 is 5.32 Å². The van der Waals surface area contributed by atoms with Crippen LogP contribution in [0, 0.1) is 0 Å². The lowest BCUT2D eigenvalue weighted by Crippen LogP contribution is -2.25. The molecule has 0 aliphatic carbocycles. The molecule has 1 unspecified atom stereocenters. The smallest absolute Gasteiger partial charge is 0.286 e. The summed E-state index contributed by atoms with van der Waals surface area (Å²) in [5.74, 6) is -1.12. The summed E-state index contributed by atoms with van der Waals surface area (Å²) in [7, 11) is 0. The number of carbonyl (C=O) groups is 3. The van der Waals surface area contributed by atoms with Crippen LogP contribution in [0.2, 0.25) is 0 Å². The Morgan fingerprint density at radius 1 is 1.12 bits per heavy atom. The number of carbonyl (C=O) groups excluding carboxylic acids is 3. The molecule has 132 valence electrons. The number of hydrogen-bond donors (Lipinski definition) is 3. The molecule has 1 aliphatic rings. The van der Waals surface area contributed by atoms with E-state index in [0.717, 1.165) is 11.8 Å². The molecule has 2 amide bonds. The van der Waals surface area contributed by atoms with Crippen molar-refractivity contribution in [3.63, 3.8) is 0 Å². The van der Waals surface area contributed by atoms with Gasteiger partial charge in [0.05, 0.1) is 5.25 Å². The molecule has 1 saturated heterocycles. The number of imide groups is 1. The maximum absolute atomic E-state index is 12.5. The molecule has 0 radical (unpaired) electrons. The fourth-order valence-corrected chi connectivity index (χ4v) is 3.42. The highest BCUT2D eigenvalue weighted by molar-refractivity contribution is 8.15. The van der Waals surface area contributed by atoms with Crippen molar-refractivity contribution >= 4 is 34.8 Å². The van der Waals surface area contributed by atoms with Gasteiger partial charge in [-0.15, -0.1) is 0 Å². The van der Waals surface area contributed by atoms with Crippen LogP contribution in [0.3, 0.4) is 0 Å². The van der Waals surface area contributed by atoms with Crippen molar-refractivity contribution in [3.05, 3.63) is 65.2 Å². The van der Waals surface area contributed by atoms with E-state index in [4.69, 9.17) is 0 Å². The Morgan fingerprint density at radius 2 is 1.88 bits per heavy atom. The molecule has 0 bridgehead atoms. The predicted octanol–water partition coefficient (Wildman–Crippen LogP) is 2.89. The minimum absolute atomic E-state index is 0.235. The predicted molar refractivity (Wildman–Crippen MR) is 98.2 cm³/mol. The summed E-state index contributed by atoms with van der Waals surface area (Å²) < 4.78 is 0. The summed E-state index contributed by atoms with van der Waals surface area (Å²) in [4.78, 5) is 35.6. The van der Waals surface area contributed by atoms with Crippen molar-refractivity contribution in [2.45, 2.75) is 11.7 Å². The van der Waals surface area contributed by atoms with Gasteiger partial charge in [0, 0.05) is 5.56 Å². The Balaban J connectivity index is 1.79. The Morgan fingerprint density at radius 3 is 2.58 bits per heavy atom. The number of ketones is 1. The third kappa shape index (κ3) is 3.94. The van der Waals surface area contributed by atoms with Gasteiger partial charge < -0.3 is 10.2 Å². The van der Waals surface area contributed by atoms with Gasteiger partial charge >= 0.3 is 0 Å². The summed E-state index contributed by atoms with van der Waals surface area (Å²) in [6.45, 7) is 0. The summed E-state index contributed by atoms with van der Waals surface area (Å²) in [5.41, 5.74) is 1.68. The van der Waals surface area contributed by atoms with E-state index in [1.54, 1.807) is 30.3 Å². The van der Waals surface area contributed by atoms with Gasteiger partial charge in [0.15, 0.2) is 17.3 Å². The summed E-state index contributed by atoms with van der Waals surface area (Å²) in [6, 6.07) is 11.2. The highest BCUT2D eigenvalue weighted by Gasteiger charge is 2.32. The zero-order valence-corrected chi connectivity index (χ0v) is 14.3. The SMILES string of the molecule is O=C1NC(=O)C(Cc2ccccc2C(=O)C=Cc2ccc(O)c(O)c2)S1. The van der Waals surface area contributed by atoms with E-state index >= 15 is 0 Å². The van der Waals surface area contributed by atoms with Crippen LogP contribution in [0.1, 0.15) is 21.5 Å². The largest absolute Gasteiger partial charge is 0.504 e. The second-order valence-corrected chi connectivity index (χ2v) is 6.87. The maximum Gasteiger partial charge on any atom is 0.286 e. The number of rotatable bonds is 5. The van der Waals surface area contributed by atoms with Gasteiger partial charge in [0.1, 0.15) is 0 Å². The van der Waals surface area contributed by atoms with Crippen LogP contribution in [-0.2, 0) is 11.2 Å². The molecule has 6 nitrogen and oxygen atoms in total. The number of phenols is 2. The van der Waals surface area contributed by atoms with Crippen molar-refractivity contribution < 1.29 is 24.6 Å². The Bertz CT molecular complexity index is 922. The van der Waals surface area contributed by atoms with E-state index in [0.29, 0.717) is 16.7 Å². The molecule has 2 aromatic rings. The first-order valence-corrected chi connectivity index (χ1v) is 8.66. The standard InChI is InChI=1S/C19H15NO5S/c21-14(7-5-11-6-8-15(22)16(23)9-11)13-4-2-1-3-12(13)10-17-18(24)20-19(25)26-17/h1-9,17,22-23H,10H2,(H,20,24,25). The van der Waals surface area contributed by atoms with Crippen molar-refractivity contribution in [2.75, 3.05) is 0 Å². The lowest BCUT2D eigenvalue weighted by Gasteiger charge is -2.09. The molecule has 1 heterocycles. The molecule has 1 aliphatic heterocycles. The van der Waals surface area contributed by atoms with E-state index in [1.807, 2.05) is 0 Å². The number of thioether (sulfide) groups is 1. The quantitative estimate of drug-likeness (QED) is 0.425. The second kappa shape index (κ2) is 7.45. The van der Waals surface area contributed by atoms with Crippen LogP contribution in [0.25, 0.3) is 6.08 Å². The minimum atomic E-state index is -0.547. The average Bonchev–Trinajstić information content (AvgIpc) is 2.93. The van der Waals surface area contributed by atoms with Gasteiger partial charge in [-0.05, 0) is 35.8 Å². The van der Waals surface area contributed by atoms with Gasteiger partial charge in [-0.2, -0.15) is 0 Å². The van der Waals surface area contributed by atoms with Gasteiger partial charge in [0.2, 0.25) is 5.91 Å². The topological polar surface area (TPSA) is 104 Å². The first-order valence-electron chi connectivity index (χ1n) is 7.78. The third-order valence-corrected chi connectivity index (χ3v) is 4.86. The Hall–Kier alpha value is -3.06. The van der Waals surface area contributed by atoms with Crippen molar-refractivity contribution in [3.8, 4) is 11.5 Å². The zero-order chi connectivity index (χ0) is 18.7. The molecule has 2 aromatic carbocycles. The number of benzene rings is 2. The molecule has 0 saturated carbocycles. The molecular formula is C19H15NO5S. The number of allylic oxidation sites excluding steroid dienone is 1. The first-order chi connectivity index (χ1) is 12.4. The monoisotopic (exact) mass is 369 g/mol. The zero-order valence-electron chi connectivity index (χ0n) is 13.5. The molecule has 1 atom stereocenters. The number of phenolic OH excluding ortho intramolecular Hbond substituents is 2. The lowest BCUT2D eigenvalue weighted by molar-refractivity contribution is -0.118. The van der Waals surface area contributed by atoms with E-state index in [2.05, 4.69) is 5.32 Å². The summed E-state index contributed by atoms with van der Waals surface area (Å²) >= 11 is 0.922. The molecule has 26 heavy (non-hydrogen) atoms. The Labute approximate surface area is 153 Å². The number of amides is 2. The number of nitrogens with one attached hydrogen (secondary N) is 1. The van der Waals surface area contributed by atoms with Crippen molar-refractivity contribution in [1.29, 1.82) is 0 Å². The molecule has 0 aromatic heterocycles. The fourth-order valence-electron chi connectivity index (χ4n) is 2.57. The van der Waals surface area contributed by atoms with Gasteiger partial charge in [-0.25, -0.2) is 0 Å². The summed E-state index contributed by atoms with van der Waals surface area (Å²) in [6.07, 6.45) is 3.16. The van der Waals surface area contributed by atoms with Gasteiger partial charge in [-0.1, -0.05) is 48.2 Å². The van der Waals surface area contributed by atoms with Crippen LogP contribution >= 0.6 is 11.8 Å². The molecule has 3 N–H and O–H groups in total. The van der Waals surface area contributed by atoms with E-state index in [1.165, 1.54) is 24.3 Å². The minimum Gasteiger partial charge on any atom is -0.504 e. The molecule has 0 spiro atoms. The fraction of sp³-hybridized carbons (Fsp3) is 0.105. The number of hydrogen-bond acceptors (Lipinski definition) is 6. The molecule has 1 fully saturated rings. The van der Waals surface area contributed by atoms with E-state index in [9.17, 15) is 24.6 Å². The second-order valence-electron chi connectivity index (χ2n) is 5.69. The van der Waals surface area contributed by atoms with Crippen LogP contribution in [-0.4, -0.2) is 32.4 Å². The summed E-state index contributed by atoms with van der Waals surface area (Å²) in [5, 5.41) is 20.1. The Kier molecular flexibility index (Phi) is 5.09. The molecular weight excluding hydrogens is 354 g/mol. The first kappa shape index (κ1) is 17.8. The lowest BCUT2D eigenvalue weighted by atomic mass is 9.98. The van der Waals surface area contributed by atoms with Crippen LogP contribution in [0.5, 0.6) is 11.5 Å². The van der Waals surface area contributed by atoms with Gasteiger partial charge in [-0.3, -0.25) is 19.7 Å². The van der Waals surface area contributed by atoms with E-state index in [-0.39, 0.29) is 34.8 Å². The molecule has 3 rings (SSSR count). The maximum atomic E-state index is 12.5. The van der Waals surface area contributed by atoms with Crippen LogP contribution in [0.4, 0.5) is 4.79 Å². The highest BCUT2D eigenvalue weighted by Crippen LogP contribution is 2.26. The molecule has 7 heteroatoms. The average molecular weight is 369 g/mol. The highest BCUT2D eigenvalue weighted by atomic mass is 32.2. The van der Waals surface area contributed by atoms with E-state index < -0.39 is 5.25 Å². The van der Waals surface area contributed by atoms with Crippen molar-refractivity contribution in [1.82, 2.24) is 5.32 Å². The number of aromatic hydroxyl groups is 2. The van der Waals surface area contributed by atoms with Crippen LogP contribution in [0.15, 0.2) is 48.5 Å². The van der Waals surface area contributed by atoms with Gasteiger partial charge in [0.25, 0.3) is 5.24 Å².